The second kappa shape index (κ2) is 37.4. The van der Waals surface area contributed by atoms with Gasteiger partial charge in [-0.2, -0.15) is 0 Å². The summed E-state index contributed by atoms with van der Waals surface area (Å²) in [6.07, 6.45) is 69.1. The molecule has 0 radical (unpaired) electrons. The normalized spacial score (nSPS) is 41.8. The van der Waals surface area contributed by atoms with Crippen molar-refractivity contribution in [2.45, 2.75) is 308 Å². The predicted molar refractivity (Wildman–Crippen MR) is 554 cm³/mol. The van der Waals surface area contributed by atoms with E-state index < -0.39 is 0 Å². The zero-order valence-corrected chi connectivity index (χ0v) is 83.0. The van der Waals surface area contributed by atoms with Crippen molar-refractivity contribution in [3.05, 3.63) is 193 Å². The van der Waals surface area contributed by atoms with Gasteiger partial charge in [-0.15, -0.1) is 0 Å². The van der Waals surface area contributed by atoms with Gasteiger partial charge < -0.3 is 19.3 Å². The number of allylic oxidation sites excluding steroid dienone is 4. The van der Waals surface area contributed by atoms with Crippen LogP contribution < -0.4 is 0 Å². The number of likely N-dealkylation sites (tertiary alicyclic amines) is 2. The molecule has 4 aliphatic heterocycles. The first-order valence-corrected chi connectivity index (χ1v) is 57.0. The van der Waals surface area contributed by atoms with Gasteiger partial charge in [0.1, 0.15) is 0 Å². The number of aromatic nitrogens is 2. The van der Waals surface area contributed by atoms with Crippen LogP contribution in [-0.4, -0.2) is 133 Å². The van der Waals surface area contributed by atoms with E-state index in [0.717, 1.165) is 194 Å². The Morgan fingerprint density at radius 1 is 0.276 bits per heavy atom. The fourth-order valence-corrected chi connectivity index (χ4v) is 39.2. The molecule has 0 amide bonds. The Morgan fingerprint density at radius 2 is 0.604 bits per heavy atom. The van der Waals surface area contributed by atoms with Crippen molar-refractivity contribution in [2.75, 3.05) is 78.8 Å². The van der Waals surface area contributed by atoms with E-state index in [1.54, 1.807) is 41.5 Å². The van der Waals surface area contributed by atoms with Gasteiger partial charge in [-0.1, -0.05) is 149 Å². The van der Waals surface area contributed by atoms with Crippen LogP contribution in [0.2, 0.25) is 0 Å². The Hall–Kier alpha value is -6.10. The number of morpholine rings is 2. The first-order chi connectivity index (χ1) is 65.8. The zero-order chi connectivity index (χ0) is 89.4. The van der Waals surface area contributed by atoms with E-state index in [1.807, 2.05) is 24.8 Å². The fourth-order valence-electron chi connectivity index (χ4n) is 39.2. The van der Waals surface area contributed by atoms with Gasteiger partial charge >= 0.3 is 0 Å². The second-order valence-corrected chi connectivity index (χ2v) is 50.4. The molecular weight excluding hydrogens is 1630 g/mol. The fraction of sp³-hybridized carbons (Fsp3) is 0.667. The van der Waals surface area contributed by atoms with Gasteiger partial charge in [-0.05, 0) is 512 Å². The monoisotopic (exact) mass is 1800 g/mol. The molecular formula is C126H166N6O2. The first kappa shape index (κ1) is 89.3. The molecule has 18 fully saturated rings. The lowest BCUT2D eigenvalue weighted by molar-refractivity contribution is -0.0723. The number of pyridine rings is 2. The van der Waals surface area contributed by atoms with Gasteiger partial charge in [0, 0.05) is 85.9 Å². The van der Waals surface area contributed by atoms with Crippen molar-refractivity contribution in [3.8, 4) is 0 Å². The highest BCUT2D eigenvalue weighted by molar-refractivity contribution is 5.89. The molecule has 6 aromatic carbocycles. The molecule has 8 nitrogen and oxygen atoms in total. The van der Waals surface area contributed by atoms with E-state index in [4.69, 9.17) is 9.47 Å². The number of fused-ring (bicyclic) bond motifs is 24. The van der Waals surface area contributed by atoms with Gasteiger partial charge in [0.25, 0.3) is 0 Å². The summed E-state index contributed by atoms with van der Waals surface area (Å²) in [5, 5.41) is 10.8. The molecule has 0 spiro atoms. The van der Waals surface area contributed by atoms with Crippen LogP contribution in [0.3, 0.4) is 0 Å². The van der Waals surface area contributed by atoms with Gasteiger partial charge in [-0.25, -0.2) is 0 Å². The van der Waals surface area contributed by atoms with Crippen molar-refractivity contribution in [2.24, 2.45) is 140 Å². The van der Waals surface area contributed by atoms with Gasteiger partial charge in [0.2, 0.25) is 0 Å². The maximum Gasteiger partial charge on any atom is 0.0594 e. The summed E-state index contributed by atoms with van der Waals surface area (Å²) in [5.41, 5.74) is 11.3. The molecule has 16 aliphatic carbocycles. The Kier molecular flexibility index (Phi) is 24.9. The molecule has 6 heterocycles. The standard InChI is InChI=1S/C32H43NO.C32H43N.C31H40N2O.C31H40N2/c1-32-15-14-28-27-11-9-26(33-16-18-34-19-17-33)21-24(27)8-10-29(28)31(32)13-12-30(32)25-7-6-22-4-2-3-5-23(22)20-25;1-32-17-16-28-27-13-11-26(33-18-4-5-19-33)21-24(27)10-12-29(28)31(32)15-14-30(32)25-9-8-22-6-2-3-7-23(22)20-25;1-31-12-10-27-26-7-5-25(33-14-16-34-17-15-33)19-22(26)4-6-28(27)30(31)9-8-29(31)23-2-3-24-20-32-13-11-21(24)18-23;1-31-14-12-27-26-9-7-25(33-16-2-3-17-33)19-22(26)6-8-28(27)30(31)11-10-29(31)23-4-5-24-20-32-15-13-21(24)18-23/h2-7,20,24,26-31H,8-19,21H2,1H3;2-3,6-9,20,24,26-31H,4-5,10-19,21H2,1H3;2-3,8,11,13,18,20,22,25-28,30H,4-7,9-10,12,14-17,19H2,1H3;4-5,10,13,15,18,20,22,25-28,30H,2-3,6-9,11-12,14,16-17,19H2,1H3/t2*24-,26-,27-,28+,29+,30?,31-,32+;2*22-,25-,26-,27+,28+,30-,31+/m0000/s1. The molecule has 8 aromatic rings. The smallest absolute Gasteiger partial charge is 0.0594 e. The lowest BCUT2D eigenvalue weighted by atomic mass is 9.49. The molecule has 14 saturated carbocycles. The lowest BCUT2D eigenvalue weighted by Crippen LogP contribution is -2.51. The summed E-state index contributed by atoms with van der Waals surface area (Å²) in [5.74, 6) is 21.4. The van der Waals surface area contributed by atoms with E-state index >= 15 is 0 Å². The van der Waals surface area contributed by atoms with Crippen LogP contribution in [0.4, 0.5) is 0 Å². The largest absolute Gasteiger partial charge is 0.379 e. The van der Waals surface area contributed by atoms with Gasteiger partial charge in [0.15, 0.2) is 0 Å². The van der Waals surface area contributed by atoms with Crippen LogP contribution in [0, 0.1) is 140 Å². The van der Waals surface area contributed by atoms with Crippen LogP contribution in [0.1, 0.15) is 306 Å². The average molecular weight is 1800 g/mol. The molecule has 0 bridgehead atoms. The minimum atomic E-state index is 0.361. The van der Waals surface area contributed by atoms with E-state index in [0.29, 0.717) is 21.7 Å². The van der Waals surface area contributed by atoms with Crippen molar-refractivity contribution < 1.29 is 9.47 Å². The van der Waals surface area contributed by atoms with Crippen molar-refractivity contribution in [3.63, 3.8) is 0 Å². The number of rotatable bonds is 8. The van der Waals surface area contributed by atoms with Gasteiger partial charge in [-0.3, -0.25) is 19.8 Å². The Morgan fingerprint density at radius 3 is 0.985 bits per heavy atom. The Balaban J connectivity index is 0.0000000955. The highest BCUT2D eigenvalue weighted by Gasteiger charge is 2.62. The third-order valence-electron chi connectivity index (χ3n) is 45.6. The van der Waals surface area contributed by atoms with Gasteiger partial charge in [0.05, 0.1) is 26.4 Å². The van der Waals surface area contributed by atoms with Crippen LogP contribution in [0.25, 0.3) is 54.2 Å². The minimum Gasteiger partial charge on any atom is -0.379 e. The molecule has 134 heavy (non-hydrogen) atoms. The van der Waals surface area contributed by atoms with Crippen LogP contribution in [0.15, 0.2) is 170 Å². The lowest BCUT2D eigenvalue weighted by Gasteiger charge is -2.57. The molecule has 712 valence electrons. The predicted octanol–water partition coefficient (Wildman–Crippen LogP) is 29.2. The van der Waals surface area contributed by atoms with Crippen molar-refractivity contribution in [1.82, 2.24) is 29.6 Å². The Labute approximate surface area is 807 Å². The number of nitrogens with zero attached hydrogens (tertiary/aromatic N) is 6. The molecule has 28 rings (SSSR count). The minimum absolute atomic E-state index is 0.361. The molecule has 4 saturated heterocycles. The SMILES string of the molecule is C[C@]12CC[C@H]3[C@@H](CC[C@H]4C[C@@H](N5CCCC5)CC[C@@H]43)[C@@H]1CC=C2c1ccc2cnccc2c1.C[C@]12CC[C@H]3[C@@H](CC[C@H]4C[C@@H](N5CCCC5)CC[C@@H]43)[C@@H]1CCC2c1ccc2ccccc2c1.C[C@]12CC[C@H]3[C@@H](CC[C@H]4C[C@@H](N5CCOCC5)CC[C@@H]43)[C@@H]1CC=C2c1ccc2cnccc2c1.C[C@]12CC[C@H]3[C@@H](CC[C@H]4C[C@@H](N5CCOCC5)CC[C@@H]43)[C@@H]1CCC2c1ccc2ccccc2c1. The zero-order valence-electron chi connectivity index (χ0n) is 83.0. The summed E-state index contributed by atoms with van der Waals surface area (Å²) < 4.78 is 11.3. The van der Waals surface area contributed by atoms with E-state index in [-0.39, 0.29) is 0 Å². The van der Waals surface area contributed by atoms with Crippen LogP contribution >= 0.6 is 0 Å². The first-order valence-electron chi connectivity index (χ1n) is 57.0. The van der Waals surface area contributed by atoms with Crippen molar-refractivity contribution in [1.29, 1.82) is 0 Å². The third-order valence-corrected chi connectivity index (χ3v) is 45.6. The summed E-state index contributed by atoms with van der Waals surface area (Å²) >= 11 is 0. The third kappa shape index (κ3) is 16.2. The van der Waals surface area contributed by atoms with E-state index in [9.17, 15) is 0 Å². The maximum absolute atomic E-state index is 5.64. The summed E-state index contributed by atoms with van der Waals surface area (Å²) in [6.45, 7) is 24.7. The topological polar surface area (TPSA) is 57.2 Å². The molecule has 30 atom stereocenters. The molecule has 20 aliphatic rings. The molecule has 2 unspecified atom stereocenters. The quantitative estimate of drug-likeness (QED) is 0.149. The van der Waals surface area contributed by atoms with E-state index in [1.165, 1.54) is 318 Å². The Bertz CT molecular complexity index is 5430. The molecule has 2 aromatic heterocycles. The van der Waals surface area contributed by atoms with E-state index in [2.05, 4.69) is 203 Å². The highest BCUT2D eigenvalue weighted by atomic mass is 16.5. The number of ether oxygens (including phenoxy) is 2. The summed E-state index contributed by atoms with van der Waals surface area (Å²) in [6, 6.07) is 54.7. The number of benzene rings is 6. The summed E-state index contributed by atoms with van der Waals surface area (Å²) in [7, 11) is 0. The molecule has 8 heteroatoms. The van der Waals surface area contributed by atoms with Crippen molar-refractivity contribution >= 4 is 54.2 Å². The summed E-state index contributed by atoms with van der Waals surface area (Å²) in [4.78, 5) is 19.9. The number of hydrogen-bond acceptors (Lipinski definition) is 8. The van der Waals surface area contributed by atoms with Crippen LogP contribution in [-0.2, 0) is 9.47 Å². The highest BCUT2D eigenvalue weighted by Crippen LogP contribution is 2.72. The average Bonchev–Trinajstić information content (AvgIpc) is 1.56. The second-order valence-electron chi connectivity index (χ2n) is 50.4. The number of hydrogen-bond donors (Lipinski definition) is 0. The maximum atomic E-state index is 5.64. The van der Waals surface area contributed by atoms with Crippen LogP contribution in [0.5, 0.6) is 0 Å². The molecule has 0 N–H and O–H groups in total.